The van der Waals surface area contributed by atoms with E-state index in [2.05, 4.69) is 24.3 Å². The molecule has 2 heteroatoms. The molecule has 7 aromatic rings. The van der Waals surface area contributed by atoms with E-state index in [1.54, 1.807) is 0 Å². The SMILES string of the molecule is OC(c1ccccc1)(c1ccccc1)c1cccc2cc3cccc(C(O)(c4ccccc4)c4ccccc4)c3cc12. The Kier molecular flexibility index (Phi) is 6.43. The molecule has 0 saturated carbocycles. The van der Waals surface area contributed by atoms with Gasteiger partial charge in [0, 0.05) is 11.1 Å². The molecular weight excluding hydrogens is 512 g/mol. The zero-order valence-electron chi connectivity index (χ0n) is 23.1. The van der Waals surface area contributed by atoms with Crippen molar-refractivity contribution in [2.75, 3.05) is 0 Å². The summed E-state index contributed by atoms with van der Waals surface area (Å²) >= 11 is 0. The molecule has 7 aromatic carbocycles. The highest BCUT2D eigenvalue weighted by molar-refractivity contribution is 6.02. The zero-order chi connectivity index (χ0) is 28.6. The summed E-state index contributed by atoms with van der Waals surface area (Å²) in [6, 6.07) is 55.8. The summed E-state index contributed by atoms with van der Waals surface area (Å²) in [5, 5.41) is 29.4. The second-order valence-corrected chi connectivity index (χ2v) is 10.8. The lowest BCUT2D eigenvalue weighted by Crippen LogP contribution is -2.29. The number of aliphatic hydroxyl groups is 2. The van der Waals surface area contributed by atoms with Gasteiger partial charge < -0.3 is 10.2 Å². The smallest absolute Gasteiger partial charge is 0.141 e. The van der Waals surface area contributed by atoms with Gasteiger partial charge in [-0.3, -0.25) is 0 Å². The van der Waals surface area contributed by atoms with Crippen molar-refractivity contribution in [2.24, 2.45) is 0 Å². The molecular formula is C40H30O2. The summed E-state index contributed by atoms with van der Waals surface area (Å²) in [5.74, 6) is 0. The maximum Gasteiger partial charge on any atom is 0.141 e. The summed E-state index contributed by atoms with van der Waals surface area (Å²) in [6.45, 7) is 0. The molecule has 0 radical (unpaired) electrons. The van der Waals surface area contributed by atoms with Crippen LogP contribution in [-0.4, -0.2) is 10.2 Å². The van der Waals surface area contributed by atoms with E-state index in [1.807, 2.05) is 146 Å². The van der Waals surface area contributed by atoms with E-state index in [0.29, 0.717) is 0 Å². The second kappa shape index (κ2) is 10.4. The molecule has 0 bridgehead atoms. The van der Waals surface area contributed by atoms with Crippen LogP contribution in [-0.2, 0) is 11.2 Å². The summed E-state index contributed by atoms with van der Waals surface area (Å²) < 4.78 is 0. The fourth-order valence-electron chi connectivity index (χ4n) is 6.36. The zero-order valence-corrected chi connectivity index (χ0v) is 23.1. The normalized spacial score (nSPS) is 12.0. The van der Waals surface area contributed by atoms with E-state index in [9.17, 15) is 10.2 Å². The maximum absolute atomic E-state index is 12.7. The number of hydrogen-bond donors (Lipinski definition) is 2. The third-order valence-electron chi connectivity index (χ3n) is 8.43. The van der Waals surface area contributed by atoms with E-state index in [0.717, 1.165) is 54.9 Å². The van der Waals surface area contributed by atoms with Gasteiger partial charge in [-0.05, 0) is 55.9 Å². The van der Waals surface area contributed by atoms with Crippen molar-refractivity contribution < 1.29 is 10.2 Å². The predicted molar refractivity (Wildman–Crippen MR) is 171 cm³/mol. The monoisotopic (exact) mass is 542 g/mol. The van der Waals surface area contributed by atoms with E-state index in [-0.39, 0.29) is 0 Å². The number of fused-ring (bicyclic) bond motifs is 2. The van der Waals surface area contributed by atoms with Crippen LogP contribution in [0, 0.1) is 0 Å². The van der Waals surface area contributed by atoms with Crippen molar-refractivity contribution in [1.29, 1.82) is 0 Å². The summed E-state index contributed by atoms with van der Waals surface area (Å²) in [7, 11) is 0. The molecule has 0 heterocycles. The van der Waals surface area contributed by atoms with Crippen LogP contribution in [0.2, 0.25) is 0 Å². The van der Waals surface area contributed by atoms with Gasteiger partial charge in [0.05, 0.1) is 0 Å². The molecule has 0 aromatic heterocycles. The van der Waals surface area contributed by atoms with Crippen molar-refractivity contribution in [1.82, 2.24) is 0 Å². The minimum absolute atomic E-state index is 0.789. The van der Waals surface area contributed by atoms with Crippen LogP contribution in [0.25, 0.3) is 21.5 Å². The standard InChI is InChI=1S/C40H30O2/c41-39(31-17-5-1-6-18-31,32-19-7-2-8-20-32)37-25-13-15-29-27-30-16-14-26-38(36(30)28-35(29)37)40(42,33-21-9-3-10-22-33)34-23-11-4-12-24-34/h1-28,41-42H. The molecule has 42 heavy (non-hydrogen) atoms. The minimum atomic E-state index is -1.39. The van der Waals surface area contributed by atoms with Gasteiger partial charge in [0.15, 0.2) is 0 Å². The van der Waals surface area contributed by atoms with Gasteiger partial charge >= 0.3 is 0 Å². The van der Waals surface area contributed by atoms with Crippen molar-refractivity contribution in [3.63, 3.8) is 0 Å². The largest absolute Gasteiger partial charge is 0.376 e. The van der Waals surface area contributed by atoms with Crippen molar-refractivity contribution in [3.8, 4) is 0 Å². The van der Waals surface area contributed by atoms with Gasteiger partial charge in [0.2, 0.25) is 0 Å². The number of hydrogen-bond acceptors (Lipinski definition) is 2. The Morgan fingerprint density at radius 3 is 0.929 bits per heavy atom. The molecule has 0 saturated heterocycles. The highest BCUT2D eigenvalue weighted by Gasteiger charge is 2.37. The topological polar surface area (TPSA) is 40.5 Å². The first-order valence-corrected chi connectivity index (χ1v) is 14.2. The van der Waals surface area contributed by atoms with Crippen LogP contribution in [0.4, 0.5) is 0 Å². The molecule has 0 amide bonds. The summed E-state index contributed by atoms with van der Waals surface area (Å²) in [4.78, 5) is 0. The molecule has 7 rings (SSSR count). The van der Waals surface area contributed by atoms with E-state index >= 15 is 0 Å². The lowest BCUT2D eigenvalue weighted by Gasteiger charge is -2.33. The first-order chi connectivity index (χ1) is 20.6. The Balaban J connectivity index is 1.56. The quantitative estimate of drug-likeness (QED) is 0.163. The van der Waals surface area contributed by atoms with Gasteiger partial charge in [-0.15, -0.1) is 0 Å². The average molecular weight is 543 g/mol. The molecule has 0 spiro atoms. The fraction of sp³-hybridized carbons (Fsp3) is 0.0500. The average Bonchev–Trinajstić information content (AvgIpc) is 3.07. The Labute approximate surface area is 245 Å². The van der Waals surface area contributed by atoms with Gasteiger partial charge in [-0.2, -0.15) is 0 Å². The van der Waals surface area contributed by atoms with Crippen LogP contribution in [0.15, 0.2) is 170 Å². The molecule has 202 valence electrons. The summed E-state index contributed by atoms with van der Waals surface area (Å²) in [6.07, 6.45) is 0. The van der Waals surface area contributed by atoms with Crippen LogP contribution in [0.3, 0.4) is 0 Å². The molecule has 0 aliphatic heterocycles. The van der Waals surface area contributed by atoms with Crippen LogP contribution in [0.5, 0.6) is 0 Å². The van der Waals surface area contributed by atoms with Crippen LogP contribution < -0.4 is 0 Å². The molecule has 0 aliphatic rings. The number of benzene rings is 7. The Morgan fingerprint density at radius 1 is 0.310 bits per heavy atom. The van der Waals surface area contributed by atoms with Gasteiger partial charge in [0.1, 0.15) is 11.2 Å². The highest BCUT2D eigenvalue weighted by Crippen LogP contribution is 2.44. The van der Waals surface area contributed by atoms with E-state index in [1.165, 1.54) is 0 Å². The third kappa shape index (κ3) is 4.12. The van der Waals surface area contributed by atoms with Crippen LogP contribution >= 0.6 is 0 Å². The third-order valence-corrected chi connectivity index (χ3v) is 8.43. The first-order valence-electron chi connectivity index (χ1n) is 14.2. The molecule has 0 unspecified atom stereocenters. The van der Waals surface area contributed by atoms with Gasteiger partial charge in [0.25, 0.3) is 0 Å². The molecule has 0 fully saturated rings. The Bertz CT molecular complexity index is 1760. The maximum atomic E-state index is 12.7. The minimum Gasteiger partial charge on any atom is -0.376 e. The number of rotatable bonds is 6. The predicted octanol–water partition coefficient (Wildman–Crippen LogP) is 8.56. The van der Waals surface area contributed by atoms with Crippen molar-refractivity contribution >= 4 is 21.5 Å². The fourth-order valence-corrected chi connectivity index (χ4v) is 6.36. The Hall–Kier alpha value is -5.02. The van der Waals surface area contributed by atoms with E-state index < -0.39 is 11.2 Å². The molecule has 2 nitrogen and oxygen atoms in total. The van der Waals surface area contributed by atoms with Crippen molar-refractivity contribution in [2.45, 2.75) is 11.2 Å². The molecule has 0 atom stereocenters. The molecule has 2 N–H and O–H groups in total. The van der Waals surface area contributed by atoms with Crippen molar-refractivity contribution in [3.05, 3.63) is 203 Å². The molecule has 0 aliphatic carbocycles. The second-order valence-electron chi connectivity index (χ2n) is 10.8. The lowest BCUT2D eigenvalue weighted by molar-refractivity contribution is 0.127. The van der Waals surface area contributed by atoms with Gasteiger partial charge in [-0.1, -0.05) is 158 Å². The Morgan fingerprint density at radius 2 is 0.619 bits per heavy atom. The van der Waals surface area contributed by atoms with E-state index in [4.69, 9.17) is 0 Å². The van der Waals surface area contributed by atoms with Crippen LogP contribution in [0.1, 0.15) is 33.4 Å². The summed E-state index contributed by atoms with van der Waals surface area (Å²) in [5.41, 5.74) is 1.97. The highest BCUT2D eigenvalue weighted by atomic mass is 16.3. The van der Waals surface area contributed by atoms with Gasteiger partial charge in [-0.25, -0.2) is 0 Å². The first kappa shape index (κ1) is 25.9. The lowest BCUT2D eigenvalue weighted by atomic mass is 9.76.